The monoisotopic (exact) mass is 261 g/mol. The van der Waals surface area contributed by atoms with Gasteiger partial charge in [0.25, 0.3) is 0 Å². The van der Waals surface area contributed by atoms with E-state index in [1.165, 1.54) is 11.1 Å². The molecule has 1 N–H and O–H groups in total. The molecule has 0 aliphatic heterocycles. The summed E-state index contributed by atoms with van der Waals surface area (Å²) in [5.74, 6) is 1.05. The summed E-state index contributed by atoms with van der Waals surface area (Å²) in [6, 6.07) is 2.23. The van der Waals surface area contributed by atoms with Crippen molar-refractivity contribution in [2.45, 2.75) is 46.2 Å². The van der Waals surface area contributed by atoms with Crippen molar-refractivity contribution in [2.75, 3.05) is 6.54 Å². The highest BCUT2D eigenvalue weighted by atomic mass is 16.3. The molecular formula is C15H23N3O. The second-order valence-electron chi connectivity index (χ2n) is 4.68. The molecule has 0 fully saturated rings. The van der Waals surface area contributed by atoms with Crippen molar-refractivity contribution in [1.82, 2.24) is 15.1 Å². The molecule has 2 aromatic heterocycles. The Kier molecular flexibility index (Phi) is 4.80. The molecule has 4 heteroatoms. The van der Waals surface area contributed by atoms with E-state index < -0.39 is 0 Å². The van der Waals surface area contributed by atoms with E-state index in [1.54, 1.807) is 6.26 Å². The topological polar surface area (TPSA) is 43.0 Å². The van der Waals surface area contributed by atoms with Gasteiger partial charge in [0.2, 0.25) is 0 Å². The highest BCUT2D eigenvalue weighted by Gasteiger charge is 2.19. The van der Waals surface area contributed by atoms with Crippen LogP contribution in [0.4, 0.5) is 0 Å². The minimum absolute atomic E-state index is 0.171. The van der Waals surface area contributed by atoms with Gasteiger partial charge in [0, 0.05) is 30.3 Å². The van der Waals surface area contributed by atoms with E-state index in [9.17, 15) is 0 Å². The van der Waals surface area contributed by atoms with E-state index in [4.69, 9.17) is 4.42 Å². The first-order valence-electron chi connectivity index (χ1n) is 7.12. The summed E-state index contributed by atoms with van der Waals surface area (Å²) in [5, 5.41) is 7.94. The van der Waals surface area contributed by atoms with Crippen LogP contribution < -0.4 is 5.32 Å². The summed E-state index contributed by atoms with van der Waals surface area (Å²) in [6.07, 6.45) is 7.86. The quantitative estimate of drug-likeness (QED) is 0.832. The van der Waals surface area contributed by atoms with Crippen LogP contribution in [0, 0.1) is 0 Å². The number of hydrogen-bond donors (Lipinski definition) is 1. The number of nitrogens with one attached hydrogen (secondary N) is 1. The standard InChI is InChI=1S/C15H23N3O/c1-4-8-18-11-12(10-17-18)15(16-6-3)13-7-9-19-14(13)5-2/h7,9-11,15-16H,4-6,8H2,1-3H3. The van der Waals surface area contributed by atoms with E-state index >= 15 is 0 Å². The first-order valence-corrected chi connectivity index (χ1v) is 7.12. The van der Waals surface area contributed by atoms with Gasteiger partial charge in [-0.3, -0.25) is 4.68 Å². The molecule has 0 spiro atoms. The lowest BCUT2D eigenvalue weighted by Crippen LogP contribution is -2.22. The molecule has 0 aliphatic carbocycles. The highest BCUT2D eigenvalue weighted by Crippen LogP contribution is 2.26. The molecule has 0 radical (unpaired) electrons. The van der Waals surface area contributed by atoms with E-state index in [-0.39, 0.29) is 6.04 Å². The summed E-state index contributed by atoms with van der Waals surface area (Å²) < 4.78 is 7.56. The SMILES string of the molecule is CCCn1cc(C(NCC)c2ccoc2CC)cn1. The second-order valence-corrected chi connectivity index (χ2v) is 4.68. The van der Waals surface area contributed by atoms with Crippen LogP contribution in [0.25, 0.3) is 0 Å². The Bertz CT molecular complexity index is 501. The number of nitrogens with zero attached hydrogens (tertiary/aromatic N) is 2. The first kappa shape index (κ1) is 13.9. The van der Waals surface area contributed by atoms with Gasteiger partial charge < -0.3 is 9.73 Å². The summed E-state index contributed by atoms with van der Waals surface area (Å²) in [7, 11) is 0. The zero-order chi connectivity index (χ0) is 13.7. The third-order valence-corrected chi connectivity index (χ3v) is 3.26. The Morgan fingerprint density at radius 3 is 2.89 bits per heavy atom. The van der Waals surface area contributed by atoms with Gasteiger partial charge in [-0.2, -0.15) is 5.10 Å². The molecule has 0 amide bonds. The molecule has 0 saturated carbocycles. The van der Waals surface area contributed by atoms with Gasteiger partial charge in [0.1, 0.15) is 5.76 Å². The van der Waals surface area contributed by atoms with Gasteiger partial charge >= 0.3 is 0 Å². The Balaban J connectivity index is 2.28. The third kappa shape index (κ3) is 3.07. The predicted octanol–water partition coefficient (Wildman–Crippen LogP) is 3.15. The van der Waals surface area contributed by atoms with Crippen molar-refractivity contribution >= 4 is 0 Å². The summed E-state index contributed by atoms with van der Waals surface area (Å²) in [4.78, 5) is 0. The van der Waals surface area contributed by atoms with Crippen molar-refractivity contribution < 1.29 is 4.42 Å². The van der Waals surface area contributed by atoms with Crippen LogP contribution in [0.2, 0.25) is 0 Å². The zero-order valence-corrected chi connectivity index (χ0v) is 12.0. The van der Waals surface area contributed by atoms with E-state index in [0.717, 1.165) is 31.7 Å². The van der Waals surface area contributed by atoms with E-state index in [2.05, 4.69) is 43.4 Å². The van der Waals surface area contributed by atoms with Gasteiger partial charge in [-0.05, 0) is 19.0 Å². The minimum atomic E-state index is 0.171. The van der Waals surface area contributed by atoms with Crippen LogP contribution in [0.3, 0.4) is 0 Å². The van der Waals surface area contributed by atoms with E-state index in [0.29, 0.717) is 0 Å². The van der Waals surface area contributed by atoms with Crippen molar-refractivity contribution in [3.8, 4) is 0 Å². The zero-order valence-electron chi connectivity index (χ0n) is 12.0. The van der Waals surface area contributed by atoms with Crippen LogP contribution in [0.5, 0.6) is 0 Å². The molecule has 2 aromatic rings. The molecule has 0 aliphatic rings. The molecule has 2 heterocycles. The van der Waals surface area contributed by atoms with Crippen LogP contribution in [-0.2, 0) is 13.0 Å². The van der Waals surface area contributed by atoms with Crippen molar-refractivity contribution in [1.29, 1.82) is 0 Å². The average molecular weight is 261 g/mol. The Labute approximate surface area is 114 Å². The van der Waals surface area contributed by atoms with Gasteiger partial charge in [-0.25, -0.2) is 0 Å². The van der Waals surface area contributed by atoms with Crippen molar-refractivity contribution in [3.05, 3.63) is 41.6 Å². The fraction of sp³-hybridized carbons (Fsp3) is 0.533. The molecule has 19 heavy (non-hydrogen) atoms. The Hall–Kier alpha value is -1.55. The lowest BCUT2D eigenvalue weighted by molar-refractivity contribution is 0.502. The number of hydrogen-bond acceptors (Lipinski definition) is 3. The maximum Gasteiger partial charge on any atom is 0.108 e. The average Bonchev–Trinajstić information content (AvgIpc) is 3.05. The maximum atomic E-state index is 5.55. The fourth-order valence-electron chi connectivity index (χ4n) is 2.39. The molecule has 104 valence electrons. The molecule has 1 unspecified atom stereocenters. The normalized spacial score (nSPS) is 12.8. The number of furan rings is 1. The largest absolute Gasteiger partial charge is 0.469 e. The van der Waals surface area contributed by atoms with Gasteiger partial charge in [-0.15, -0.1) is 0 Å². The Morgan fingerprint density at radius 1 is 1.37 bits per heavy atom. The summed E-state index contributed by atoms with van der Waals surface area (Å²) in [6.45, 7) is 8.28. The van der Waals surface area contributed by atoms with Crippen molar-refractivity contribution in [2.24, 2.45) is 0 Å². The molecule has 0 bridgehead atoms. The van der Waals surface area contributed by atoms with Gasteiger partial charge in [-0.1, -0.05) is 20.8 Å². The van der Waals surface area contributed by atoms with Crippen LogP contribution in [-0.4, -0.2) is 16.3 Å². The number of aromatic nitrogens is 2. The summed E-state index contributed by atoms with van der Waals surface area (Å²) in [5.41, 5.74) is 2.42. The molecule has 1 atom stereocenters. The molecule has 2 rings (SSSR count). The molecule has 0 aromatic carbocycles. The maximum absolute atomic E-state index is 5.55. The van der Waals surface area contributed by atoms with Crippen LogP contribution in [0.1, 0.15) is 50.1 Å². The van der Waals surface area contributed by atoms with Gasteiger partial charge in [0.05, 0.1) is 18.5 Å². The van der Waals surface area contributed by atoms with E-state index in [1.807, 2.05) is 10.9 Å². The van der Waals surface area contributed by atoms with Gasteiger partial charge in [0.15, 0.2) is 0 Å². The van der Waals surface area contributed by atoms with Crippen LogP contribution in [0.15, 0.2) is 29.1 Å². The highest BCUT2D eigenvalue weighted by molar-refractivity contribution is 5.31. The first-order chi connectivity index (χ1) is 9.30. The minimum Gasteiger partial charge on any atom is -0.469 e. The molecular weight excluding hydrogens is 238 g/mol. The predicted molar refractivity (Wildman–Crippen MR) is 76.1 cm³/mol. The fourth-order valence-corrected chi connectivity index (χ4v) is 2.39. The molecule has 4 nitrogen and oxygen atoms in total. The molecule has 0 saturated heterocycles. The summed E-state index contributed by atoms with van der Waals surface area (Å²) >= 11 is 0. The number of rotatable bonds is 7. The Morgan fingerprint density at radius 2 is 2.21 bits per heavy atom. The second kappa shape index (κ2) is 6.57. The van der Waals surface area contributed by atoms with Crippen LogP contribution >= 0.6 is 0 Å². The van der Waals surface area contributed by atoms with Crippen molar-refractivity contribution in [3.63, 3.8) is 0 Å². The third-order valence-electron chi connectivity index (χ3n) is 3.26. The lowest BCUT2D eigenvalue weighted by atomic mass is 10.0. The number of aryl methyl sites for hydroxylation is 2. The smallest absolute Gasteiger partial charge is 0.108 e. The lowest BCUT2D eigenvalue weighted by Gasteiger charge is -2.16.